The van der Waals surface area contributed by atoms with E-state index < -0.39 is 52.6 Å². The van der Waals surface area contributed by atoms with E-state index in [4.69, 9.17) is 14.2 Å². The normalized spacial score (nSPS) is 17.2. The summed E-state index contributed by atoms with van der Waals surface area (Å²) in [6.45, 7) is 6.21. The molecule has 1 aromatic rings. The van der Waals surface area contributed by atoms with E-state index in [9.17, 15) is 22.8 Å². The minimum absolute atomic E-state index is 0.0477. The monoisotopic (exact) mass is 483 g/mol. The molecule has 3 N–H and O–H groups in total. The van der Waals surface area contributed by atoms with Gasteiger partial charge < -0.3 is 24.8 Å². The third-order valence-electron chi connectivity index (χ3n) is 4.80. The van der Waals surface area contributed by atoms with Crippen LogP contribution in [0.15, 0.2) is 40.4 Å². The predicted molar refractivity (Wildman–Crippen MR) is 118 cm³/mol. The van der Waals surface area contributed by atoms with Gasteiger partial charge >= 0.3 is 18.0 Å². The molecule has 0 saturated carbocycles. The van der Waals surface area contributed by atoms with Crippen molar-refractivity contribution in [2.45, 2.75) is 44.7 Å². The Morgan fingerprint density at radius 2 is 1.79 bits per heavy atom. The summed E-state index contributed by atoms with van der Waals surface area (Å²) in [6.07, 6.45) is 0. The molecule has 0 fully saturated rings. The van der Waals surface area contributed by atoms with Crippen molar-refractivity contribution in [3.05, 3.63) is 35.5 Å². The number of sulfonamides is 1. The fourth-order valence-electron chi connectivity index (χ4n) is 3.07. The first-order valence-electron chi connectivity index (χ1n) is 10.3. The summed E-state index contributed by atoms with van der Waals surface area (Å²) < 4.78 is 43.2. The fraction of sp³-hybridized carbons (Fsp3) is 0.476. The third-order valence-corrected chi connectivity index (χ3v) is 6.25. The Kier molecular flexibility index (Phi) is 8.83. The largest absolute Gasteiger partial charge is 0.497 e. The standard InChI is InChI=1S/C21H29N3O8S/c1-6-31-19(25)17-13(4)22-21(27)23-16(17)11-32-20(26)18(12(2)3)24-33(28,29)15-9-7-14(30-5)8-10-15/h7-10,12-13,18,24H,6,11H2,1-5H3,(H2,22,23,27)/t13?,18-/m0/s1. The summed E-state index contributed by atoms with van der Waals surface area (Å²) in [5.41, 5.74) is 0.183. The number of rotatable bonds is 10. The van der Waals surface area contributed by atoms with Crippen molar-refractivity contribution in [1.82, 2.24) is 15.4 Å². The summed E-state index contributed by atoms with van der Waals surface area (Å²) in [7, 11) is -2.58. The quantitative estimate of drug-likeness (QED) is 0.418. The first-order valence-corrected chi connectivity index (χ1v) is 11.8. The molecular weight excluding hydrogens is 454 g/mol. The van der Waals surface area contributed by atoms with Crippen LogP contribution in [-0.4, -0.2) is 58.8 Å². The Labute approximate surface area is 192 Å². The first kappa shape index (κ1) is 26.1. The van der Waals surface area contributed by atoms with E-state index >= 15 is 0 Å². The van der Waals surface area contributed by atoms with Gasteiger partial charge in [-0.1, -0.05) is 13.8 Å². The van der Waals surface area contributed by atoms with Crippen molar-refractivity contribution >= 4 is 28.0 Å². The van der Waals surface area contributed by atoms with Crippen LogP contribution in [0.5, 0.6) is 5.75 Å². The maximum Gasteiger partial charge on any atom is 0.338 e. The Hall–Kier alpha value is -3.12. The van der Waals surface area contributed by atoms with Crippen LogP contribution >= 0.6 is 0 Å². The van der Waals surface area contributed by atoms with E-state index in [0.29, 0.717) is 5.75 Å². The highest BCUT2D eigenvalue weighted by atomic mass is 32.2. The molecule has 1 aliphatic rings. The van der Waals surface area contributed by atoms with Gasteiger partial charge in [0.15, 0.2) is 0 Å². The Bertz CT molecular complexity index is 1020. The van der Waals surface area contributed by atoms with Crippen LogP contribution in [0.2, 0.25) is 0 Å². The summed E-state index contributed by atoms with van der Waals surface area (Å²) >= 11 is 0. The lowest BCUT2D eigenvalue weighted by Gasteiger charge is -2.27. The molecule has 0 aliphatic carbocycles. The highest BCUT2D eigenvalue weighted by Crippen LogP contribution is 2.18. The molecule has 2 atom stereocenters. The number of carbonyl (C=O) groups excluding carboxylic acids is 3. The van der Waals surface area contributed by atoms with Gasteiger partial charge in [0.25, 0.3) is 0 Å². The van der Waals surface area contributed by atoms with Crippen LogP contribution < -0.4 is 20.1 Å². The van der Waals surface area contributed by atoms with Crippen LogP contribution in [0.25, 0.3) is 0 Å². The number of hydrogen-bond acceptors (Lipinski definition) is 8. The predicted octanol–water partition coefficient (Wildman–Crippen LogP) is 1.06. The van der Waals surface area contributed by atoms with E-state index in [1.807, 2.05) is 0 Å². The van der Waals surface area contributed by atoms with Gasteiger partial charge in [-0.25, -0.2) is 18.0 Å². The number of nitrogens with one attached hydrogen (secondary N) is 3. The molecule has 0 radical (unpaired) electrons. The van der Waals surface area contributed by atoms with Crippen molar-refractivity contribution in [2.24, 2.45) is 5.92 Å². The van der Waals surface area contributed by atoms with Crippen LogP contribution in [0, 0.1) is 5.92 Å². The van der Waals surface area contributed by atoms with Crippen molar-refractivity contribution in [3.8, 4) is 5.75 Å². The van der Waals surface area contributed by atoms with E-state index in [1.54, 1.807) is 27.7 Å². The zero-order valence-electron chi connectivity index (χ0n) is 19.1. The lowest BCUT2D eigenvalue weighted by Crippen LogP contribution is -2.50. The molecule has 11 nitrogen and oxygen atoms in total. The molecule has 0 bridgehead atoms. The SMILES string of the molecule is CCOC(=O)C1=C(COC(=O)[C@@H](NS(=O)(=O)c2ccc(OC)cc2)C(C)C)NC(=O)NC1C. The number of hydrogen-bond donors (Lipinski definition) is 3. The van der Waals surface area contributed by atoms with Gasteiger partial charge in [-0.15, -0.1) is 0 Å². The highest BCUT2D eigenvalue weighted by Gasteiger charge is 2.33. The van der Waals surface area contributed by atoms with Gasteiger partial charge in [-0.05, 0) is 44.0 Å². The minimum Gasteiger partial charge on any atom is -0.497 e. The number of amides is 2. The summed E-state index contributed by atoms with van der Waals surface area (Å²) in [5, 5.41) is 4.98. The van der Waals surface area contributed by atoms with E-state index in [0.717, 1.165) is 0 Å². The smallest absolute Gasteiger partial charge is 0.338 e. The van der Waals surface area contributed by atoms with Gasteiger partial charge in [0.2, 0.25) is 10.0 Å². The number of esters is 2. The van der Waals surface area contributed by atoms with Gasteiger partial charge in [-0.2, -0.15) is 4.72 Å². The second kappa shape index (κ2) is 11.1. The van der Waals surface area contributed by atoms with Crippen LogP contribution in [0.3, 0.4) is 0 Å². The van der Waals surface area contributed by atoms with E-state index in [1.165, 1.54) is 31.4 Å². The van der Waals surface area contributed by atoms with Crippen LogP contribution in [0.1, 0.15) is 27.7 Å². The summed E-state index contributed by atoms with van der Waals surface area (Å²) in [5.74, 6) is -1.49. The topological polar surface area (TPSA) is 149 Å². The molecular formula is C21H29N3O8S. The Morgan fingerprint density at radius 1 is 1.15 bits per heavy atom. The molecule has 182 valence electrons. The van der Waals surface area contributed by atoms with Crippen molar-refractivity contribution in [1.29, 1.82) is 0 Å². The number of ether oxygens (including phenoxy) is 3. The number of benzene rings is 1. The molecule has 0 aromatic heterocycles. The maximum atomic E-state index is 12.8. The first-order chi connectivity index (χ1) is 15.5. The van der Waals surface area contributed by atoms with Gasteiger partial charge in [0, 0.05) is 0 Å². The number of methoxy groups -OCH3 is 1. The van der Waals surface area contributed by atoms with Crippen molar-refractivity contribution in [2.75, 3.05) is 20.3 Å². The van der Waals surface area contributed by atoms with Crippen LogP contribution in [-0.2, 0) is 29.1 Å². The van der Waals surface area contributed by atoms with Crippen molar-refractivity contribution in [3.63, 3.8) is 0 Å². The molecule has 2 rings (SSSR count). The second-order valence-corrected chi connectivity index (χ2v) is 9.27. The van der Waals surface area contributed by atoms with Gasteiger partial charge in [-0.3, -0.25) is 4.79 Å². The molecule has 1 unspecified atom stereocenters. The zero-order valence-corrected chi connectivity index (χ0v) is 19.9. The Balaban J connectivity index is 2.19. The molecule has 1 heterocycles. The van der Waals surface area contributed by atoms with E-state index in [2.05, 4.69) is 15.4 Å². The lowest BCUT2D eigenvalue weighted by atomic mass is 10.0. The van der Waals surface area contributed by atoms with E-state index in [-0.39, 0.29) is 22.8 Å². The number of urea groups is 1. The molecule has 1 aliphatic heterocycles. The average Bonchev–Trinajstić information content (AvgIpc) is 2.75. The molecule has 2 amide bonds. The van der Waals surface area contributed by atoms with Crippen LogP contribution in [0.4, 0.5) is 4.79 Å². The molecule has 0 saturated heterocycles. The molecule has 1 aromatic carbocycles. The summed E-state index contributed by atoms with van der Waals surface area (Å²) in [4.78, 5) is 36.8. The maximum absolute atomic E-state index is 12.8. The highest BCUT2D eigenvalue weighted by molar-refractivity contribution is 7.89. The molecule has 0 spiro atoms. The fourth-order valence-corrected chi connectivity index (χ4v) is 4.41. The molecule has 12 heteroatoms. The third kappa shape index (κ3) is 6.68. The Morgan fingerprint density at radius 3 is 2.33 bits per heavy atom. The van der Waals surface area contributed by atoms with Crippen molar-refractivity contribution < 1.29 is 37.0 Å². The second-order valence-electron chi connectivity index (χ2n) is 7.56. The average molecular weight is 484 g/mol. The molecule has 33 heavy (non-hydrogen) atoms. The zero-order chi connectivity index (χ0) is 24.8. The minimum atomic E-state index is -4.04. The summed E-state index contributed by atoms with van der Waals surface area (Å²) in [6, 6.07) is 3.24. The lowest BCUT2D eigenvalue weighted by molar-refractivity contribution is -0.146. The van der Waals surface area contributed by atoms with Gasteiger partial charge in [0.1, 0.15) is 18.4 Å². The van der Waals surface area contributed by atoms with Gasteiger partial charge in [0.05, 0.1) is 35.9 Å². The number of carbonyl (C=O) groups is 3.